The van der Waals surface area contributed by atoms with Gasteiger partial charge >= 0.3 is 0 Å². The smallest absolute Gasteiger partial charge is 0.241 e. The van der Waals surface area contributed by atoms with Crippen LogP contribution in [0.1, 0.15) is 18.4 Å². The molecule has 2 rings (SSSR count). The molecule has 1 aliphatic carbocycles. The van der Waals surface area contributed by atoms with Gasteiger partial charge in [-0.2, -0.15) is 0 Å². The van der Waals surface area contributed by atoms with Crippen molar-refractivity contribution in [2.24, 2.45) is 0 Å². The highest BCUT2D eigenvalue weighted by atomic mass is 32.2. The van der Waals surface area contributed by atoms with Gasteiger partial charge in [0.05, 0.1) is 4.90 Å². The van der Waals surface area contributed by atoms with Crippen LogP contribution in [0.25, 0.3) is 0 Å². The summed E-state index contributed by atoms with van der Waals surface area (Å²) in [7, 11) is -1.76. The minimum absolute atomic E-state index is 0.0854. The van der Waals surface area contributed by atoms with Crippen molar-refractivity contribution in [1.82, 2.24) is 9.62 Å². The summed E-state index contributed by atoms with van der Waals surface area (Å²) in [5.41, 5.74) is 5.70. The normalized spacial score (nSPS) is 15.8. The van der Waals surface area contributed by atoms with Crippen LogP contribution in [0.4, 0.5) is 10.1 Å². The Bertz CT molecular complexity index is 600. The lowest BCUT2D eigenvalue weighted by Gasteiger charge is -2.16. The summed E-state index contributed by atoms with van der Waals surface area (Å²) >= 11 is 0. The molecule has 0 atom stereocenters. The average Bonchev–Trinajstić information content (AvgIpc) is 3.17. The summed E-state index contributed by atoms with van der Waals surface area (Å²) < 4.78 is 40.4. The van der Waals surface area contributed by atoms with Crippen molar-refractivity contribution >= 4 is 15.7 Å². The number of nitrogen functional groups attached to an aromatic ring is 1. The highest BCUT2D eigenvalue weighted by Gasteiger charge is 2.26. The molecule has 20 heavy (non-hydrogen) atoms. The Hall–Kier alpha value is -1.18. The maximum atomic E-state index is 13.6. The summed E-state index contributed by atoms with van der Waals surface area (Å²) in [6, 6.07) is 2.98. The Labute approximate surface area is 119 Å². The molecule has 0 saturated heterocycles. The van der Waals surface area contributed by atoms with Crippen LogP contribution in [0, 0.1) is 12.7 Å². The SMILES string of the molecule is Cc1c(F)cc(N)cc1S(=O)(=O)NCCN(C)C1CC1. The lowest BCUT2D eigenvalue weighted by molar-refractivity contribution is 0.329. The molecule has 5 nitrogen and oxygen atoms in total. The van der Waals surface area contributed by atoms with Gasteiger partial charge in [0.25, 0.3) is 0 Å². The van der Waals surface area contributed by atoms with Crippen LogP contribution in [0.3, 0.4) is 0 Å². The lowest BCUT2D eigenvalue weighted by atomic mass is 10.2. The van der Waals surface area contributed by atoms with Crippen LogP contribution in [0.5, 0.6) is 0 Å². The number of rotatable bonds is 6. The molecule has 0 aromatic heterocycles. The molecule has 0 amide bonds. The molecule has 112 valence electrons. The minimum Gasteiger partial charge on any atom is -0.399 e. The first-order valence-corrected chi connectivity index (χ1v) is 8.05. The third kappa shape index (κ3) is 3.47. The lowest BCUT2D eigenvalue weighted by Crippen LogP contribution is -2.34. The largest absolute Gasteiger partial charge is 0.399 e. The average molecular weight is 301 g/mol. The first kappa shape index (κ1) is 15.2. The van der Waals surface area contributed by atoms with E-state index in [9.17, 15) is 12.8 Å². The van der Waals surface area contributed by atoms with Crippen LogP contribution in [-0.2, 0) is 10.0 Å². The summed E-state index contributed by atoms with van der Waals surface area (Å²) in [5, 5.41) is 0. The second-order valence-electron chi connectivity index (χ2n) is 5.24. The highest BCUT2D eigenvalue weighted by Crippen LogP contribution is 2.25. The third-order valence-electron chi connectivity index (χ3n) is 3.54. The first-order valence-electron chi connectivity index (χ1n) is 6.57. The van der Waals surface area contributed by atoms with E-state index in [-0.39, 0.29) is 16.1 Å². The Morgan fingerprint density at radius 2 is 2.10 bits per heavy atom. The van der Waals surface area contributed by atoms with Gasteiger partial charge in [-0.1, -0.05) is 0 Å². The second kappa shape index (κ2) is 5.67. The van der Waals surface area contributed by atoms with Gasteiger partial charge in [0.1, 0.15) is 5.82 Å². The number of hydrogen-bond acceptors (Lipinski definition) is 4. The van der Waals surface area contributed by atoms with Crippen LogP contribution in [0.2, 0.25) is 0 Å². The molecule has 1 fully saturated rings. The molecule has 3 N–H and O–H groups in total. The topological polar surface area (TPSA) is 75.4 Å². The summed E-state index contributed by atoms with van der Waals surface area (Å²) in [6.45, 7) is 2.36. The van der Waals surface area contributed by atoms with Gasteiger partial charge < -0.3 is 10.6 Å². The van der Waals surface area contributed by atoms with Gasteiger partial charge in [-0.15, -0.1) is 0 Å². The number of likely N-dealkylation sites (N-methyl/N-ethyl adjacent to an activating group) is 1. The molecule has 1 aromatic carbocycles. The zero-order valence-electron chi connectivity index (χ0n) is 11.7. The fraction of sp³-hybridized carbons (Fsp3) is 0.538. The van der Waals surface area contributed by atoms with Crippen LogP contribution < -0.4 is 10.5 Å². The van der Waals surface area contributed by atoms with Gasteiger partial charge in [0, 0.05) is 30.4 Å². The third-order valence-corrected chi connectivity index (χ3v) is 5.12. The van der Waals surface area contributed by atoms with Crippen molar-refractivity contribution in [1.29, 1.82) is 0 Å². The van der Waals surface area contributed by atoms with Crippen molar-refractivity contribution in [3.8, 4) is 0 Å². The number of benzene rings is 1. The predicted molar refractivity (Wildman–Crippen MR) is 76.4 cm³/mol. The Kier molecular flexibility index (Phi) is 4.31. The monoisotopic (exact) mass is 301 g/mol. The maximum Gasteiger partial charge on any atom is 0.241 e. The summed E-state index contributed by atoms with van der Waals surface area (Å²) in [6.07, 6.45) is 2.34. The number of nitrogens with zero attached hydrogens (tertiary/aromatic N) is 1. The molecule has 0 bridgehead atoms. The van der Waals surface area contributed by atoms with Gasteiger partial charge in [0.2, 0.25) is 10.0 Å². The highest BCUT2D eigenvalue weighted by molar-refractivity contribution is 7.89. The fourth-order valence-electron chi connectivity index (χ4n) is 2.08. The van der Waals surface area contributed by atoms with Gasteiger partial charge in [0.15, 0.2) is 0 Å². The summed E-state index contributed by atoms with van der Waals surface area (Å²) in [4.78, 5) is 2.03. The van der Waals surface area contributed by atoms with E-state index >= 15 is 0 Å². The first-order chi connectivity index (χ1) is 9.31. The second-order valence-corrected chi connectivity index (χ2v) is 6.97. The standard InChI is InChI=1S/C13H20FN3O2S/c1-9-12(14)7-10(15)8-13(9)20(18,19)16-5-6-17(2)11-3-4-11/h7-8,11,16H,3-6,15H2,1-2H3. The molecule has 1 aromatic rings. The molecule has 0 heterocycles. The van der Waals surface area contributed by atoms with Crippen molar-refractivity contribution in [2.45, 2.75) is 30.7 Å². The number of sulfonamides is 1. The van der Waals surface area contributed by atoms with E-state index in [1.165, 1.54) is 25.8 Å². The van der Waals surface area contributed by atoms with Crippen LogP contribution in [-0.4, -0.2) is 39.5 Å². The molecule has 0 unspecified atom stereocenters. The fourth-order valence-corrected chi connectivity index (χ4v) is 3.39. The van der Waals surface area contributed by atoms with E-state index in [4.69, 9.17) is 5.73 Å². The van der Waals surface area contributed by atoms with Crippen molar-refractivity contribution in [2.75, 3.05) is 25.9 Å². The Morgan fingerprint density at radius 3 is 2.70 bits per heavy atom. The van der Waals surface area contributed by atoms with Gasteiger partial charge in [-0.25, -0.2) is 17.5 Å². The maximum absolute atomic E-state index is 13.6. The zero-order chi connectivity index (χ0) is 14.9. The van der Waals surface area contributed by atoms with Gasteiger partial charge in [-0.05, 0) is 38.9 Å². The molecule has 0 spiro atoms. The van der Waals surface area contributed by atoms with E-state index < -0.39 is 15.8 Å². The van der Waals surface area contributed by atoms with Crippen LogP contribution >= 0.6 is 0 Å². The number of nitrogens with two attached hydrogens (primary N) is 1. The zero-order valence-corrected chi connectivity index (χ0v) is 12.5. The Balaban J connectivity index is 2.06. The van der Waals surface area contributed by atoms with E-state index in [1.807, 2.05) is 7.05 Å². The van der Waals surface area contributed by atoms with Crippen molar-refractivity contribution in [3.63, 3.8) is 0 Å². The number of halogens is 1. The number of anilines is 1. The molecule has 7 heteroatoms. The minimum atomic E-state index is -3.73. The predicted octanol–water partition coefficient (Wildman–Crippen LogP) is 1.09. The van der Waals surface area contributed by atoms with Crippen LogP contribution in [0.15, 0.2) is 17.0 Å². The van der Waals surface area contributed by atoms with E-state index in [1.54, 1.807) is 0 Å². The molecular weight excluding hydrogens is 281 g/mol. The summed E-state index contributed by atoms with van der Waals surface area (Å²) in [5.74, 6) is -0.611. The quantitative estimate of drug-likeness (QED) is 0.771. The van der Waals surface area contributed by atoms with Gasteiger partial charge in [-0.3, -0.25) is 0 Å². The molecule has 1 saturated carbocycles. The molecule has 0 radical (unpaired) electrons. The molecule has 1 aliphatic rings. The molecular formula is C13H20FN3O2S. The van der Waals surface area contributed by atoms with Crippen molar-refractivity contribution in [3.05, 3.63) is 23.5 Å². The molecule has 0 aliphatic heterocycles. The van der Waals surface area contributed by atoms with E-state index in [0.717, 1.165) is 6.07 Å². The Morgan fingerprint density at radius 1 is 1.45 bits per heavy atom. The van der Waals surface area contributed by atoms with E-state index in [2.05, 4.69) is 9.62 Å². The number of nitrogens with one attached hydrogen (secondary N) is 1. The number of hydrogen-bond donors (Lipinski definition) is 2. The van der Waals surface area contributed by atoms with E-state index in [0.29, 0.717) is 19.1 Å². The van der Waals surface area contributed by atoms with Crippen molar-refractivity contribution < 1.29 is 12.8 Å².